The Hall–Kier alpha value is -0.580. The number of benzene rings is 1. The summed E-state index contributed by atoms with van der Waals surface area (Å²) in [6, 6.07) is 3.10. The number of hydrogen-bond donors (Lipinski definition) is 1. The van der Waals surface area contributed by atoms with Crippen LogP contribution in [0.15, 0.2) is 12.1 Å². The molecule has 2 N–H and O–H groups in total. The predicted octanol–water partition coefficient (Wildman–Crippen LogP) is 3.10. The molecule has 0 bridgehead atoms. The summed E-state index contributed by atoms with van der Waals surface area (Å²) in [7, 11) is 2.61. The molecule has 0 amide bonds. The van der Waals surface area contributed by atoms with E-state index in [-0.39, 0.29) is 10.6 Å². The molecule has 0 aliphatic heterocycles. The Morgan fingerprint density at radius 2 is 2.31 bits per heavy atom. The number of carbonyl (C=O) groups is 1. The Kier molecular flexibility index (Phi) is 5.25. The lowest BCUT2D eigenvalue weighted by Gasteiger charge is -2.06. The van der Waals surface area contributed by atoms with Gasteiger partial charge in [-0.1, -0.05) is 17.5 Å². The Balaban J connectivity index is 3.32. The standard InChI is InChI=1S/C10H7ClINO2S/c1-15-10(14)7-2-3-8(13)6(9(7)11)4-5-16-12/h2-3H,13H2,1H3. The van der Waals surface area contributed by atoms with Crippen LogP contribution < -0.4 is 5.73 Å². The average Bonchev–Trinajstić information content (AvgIpc) is 2.28. The molecule has 1 rings (SSSR count). The maximum absolute atomic E-state index is 11.4. The van der Waals surface area contributed by atoms with E-state index in [0.29, 0.717) is 11.3 Å². The average molecular weight is 368 g/mol. The molecule has 0 saturated heterocycles. The molecule has 0 aliphatic carbocycles. The smallest absolute Gasteiger partial charge is 0.339 e. The van der Waals surface area contributed by atoms with E-state index < -0.39 is 5.97 Å². The Bertz CT molecular complexity index is 482. The van der Waals surface area contributed by atoms with E-state index in [1.165, 1.54) is 22.1 Å². The van der Waals surface area contributed by atoms with Crippen molar-refractivity contribution in [2.45, 2.75) is 0 Å². The van der Waals surface area contributed by atoms with Crippen molar-refractivity contribution in [3.05, 3.63) is 28.3 Å². The lowest BCUT2D eigenvalue weighted by molar-refractivity contribution is 0.0601. The van der Waals surface area contributed by atoms with Gasteiger partial charge in [0.15, 0.2) is 0 Å². The summed E-state index contributed by atoms with van der Waals surface area (Å²) in [5.41, 5.74) is 6.88. The van der Waals surface area contributed by atoms with E-state index in [9.17, 15) is 4.79 Å². The molecule has 84 valence electrons. The summed E-state index contributed by atoms with van der Waals surface area (Å²) in [5.74, 6) is 2.29. The van der Waals surface area contributed by atoms with Crippen molar-refractivity contribution in [2.75, 3.05) is 12.8 Å². The van der Waals surface area contributed by atoms with Crippen molar-refractivity contribution < 1.29 is 9.53 Å². The van der Waals surface area contributed by atoms with Crippen LogP contribution in [0.1, 0.15) is 15.9 Å². The van der Waals surface area contributed by atoms with Gasteiger partial charge in [0.05, 0.1) is 23.3 Å². The summed E-state index contributed by atoms with van der Waals surface area (Å²) in [4.78, 5) is 11.4. The molecule has 16 heavy (non-hydrogen) atoms. The topological polar surface area (TPSA) is 52.3 Å². The largest absolute Gasteiger partial charge is 0.465 e. The normalized spacial score (nSPS) is 9.19. The van der Waals surface area contributed by atoms with Gasteiger partial charge in [0, 0.05) is 26.9 Å². The van der Waals surface area contributed by atoms with Gasteiger partial charge in [-0.05, 0) is 26.3 Å². The minimum absolute atomic E-state index is 0.227. The first-order valence-electron chi connectivity index (χ1n) is 4.06. The van der Waals surface area contributed by atoms with Gasteiger partial charge >= 0.3 is 5.97 Å². The van der Waals surface area contributed by atoms with Crippen LogP contribution in [-0.2, 0) is 4.74 Å². The predicted molar refractivity (Wildman–Crippen MR) is 75.7 cm³/mol. The maximum atomic E-state index is 11.4. The molecule has 6 heteroatoms. The summed E-state index contributed by atoms with van der Waals surface area (Å²) < 4.78 is 4.60. The summed E-state index contributed by atoms with van der Waals surface area (Å²) >= 11 is 8.06. The second-order valence-electron chi connectivity index (χ2n) is 2.69. The lowest BCUT2D eigenvalue weighted by Crippen LogP contribution is -2.04. The van der Waals surface area contributed by atoms with Crippen molar-refractivity contribution in [1.82, 2.24) is 0 Å². The first kappa shape index (κ1) is 13.5. The molecule has 0 heterocycles. The van der Waals surface area contributed by atoms with Crippen molar-refractivity contribution in [3.63, 3.8) is 0 Å². The molecule has 3 nitrogen and oxygen atoms in total. The molecule has 0 spiro atoms. The number of nitrogens with two attached hydrogens (primary N) is 1. The molecule has 0 aliphatic rings. The van der Waals surface area contributed by atoms with Crippen molar-refractivity contribution in [3.8, 4) is 11.2 Å². The van der Waals surface area contributed by atoms with E-state index >= 15 is 0 Å². The Morgan fingerprint density at radius 3 is 2.88 bits per heavy atom. The van der Waals surface area contributed by atoms with Crippen LogP contribution in [0.2, 0.25) is 5.02 Å². The monoisotopic (exact) mass is 367 g/mol. The fourth-order valence-electron chi connectivity index (χ4n) is 1.06. The zero-order chi connectivity index (χ0) is 12.1. The van der Waals surface area contributed by atoms with Crippen LogP contribution in [0.4, 0.5) is 5.69 Å². The first-order chi connectivity index (χ1) is 7.61. The molecular weight excluding hydrogens is 361 g/mol. The number of anilines is 1. The van der Waals surface area contributed by atoms with Gasteiger partial charge in [-0.3, -0.25) is 0 Å². The van der Waals surface area contributed by atoms with E-state index in [1.54, 1.807) is 6.07 Å². The van der Waals surface area contributed by atoms with Gasteiger partial charge in [-0.15, -0.1) is 0 Å². The number of nitrogen functional groups attached to an aromatic ring is 1. The van der Waals surface area contributed by atoms with Gasteiger partial charge in [0.25, 0.3) is 0 Å². The molecule has 0 unspecified atom stereocenters. The third kappa shape index (κ3) is 2.97. The van der Waals surface area contributed by atoms with Crippen molar-refractivity contribution in [2.24, 2.45) is 0 Å². The quantitative estimate of drug-likeness (QED) is 0.359. The van der Waals surface area contributed by atoms with Crippen LogP contribution in [0, 0.1) is 11.2 Å². The zero-order valence-electron chi connectivity index (χ0n) is 8.21. The van der Waals surface area contributed by atoms with E-state index in [0.717, 1.165) is 0 Å². The van der Waals surface area contributed by atoms with Gasteiger partial charge in [0.1, 0.15) is 0 Å². The van der Waals surface area contributed by atoms with Gasteiger partial charge in [-0.25, -0.2) is 4.79 Å². The number of carbonyl (C=O) groups excluding carboxylic acids is 1. The van der Waals surface area contributed by atoms with Crippen molar-refractivity contribution in [1.29, 1.82) is 0 Å². The van der Waals surface area contributed by atoms with Crippen LogP contribution in [0.3, 0.4) is 0 Å². The molecule has 1 aromatic carbocycles. The van der Waals surface area contributed by atoms with Gasteiger partial charge in [0.2, 0.25) is 0 Å². The first-order valence-corrected chi connectivity index (χ1v) is 7.80. The van der Waals surface area contributed by atoms with Gasteiger partial charge < -0.3 is 10.5 Å². The third-order valence-electron chi connectivity index (χ3n) is 1.79. The number of esters is 1. The van der Waals surface area contributed by atoms with E-state index in [1.807, 2.05) is 21.2 Å². The minimum Gasteiger partial charge on any atom is -0.465 e. The summed E-state index contributed by atoms with van der Waals surface area (Å²) in [6.07, 6.45) is 0. The molecule has 1 aromatic rings. The van der Waals surface area contributed by atoms with Crippen molar-refractivity contribution >= 4 is 53.4 Å². The fourth-order valence-corrected chi connectivity index (χ4v) is 1.82. The SMILES string of the molecule is COC(=O)c1ccc(N)c(C#CSI)c1Cl. The number of halogens is 2. The van der Waals surface area contributed by atoms with Gasteiger partial charge in [-0.2, -0.15) is 0 Å². The van der Waals surface area contributed by atoms with E-state index in [4.69, 9.17) is 17.3 Å². The number of hydrogen-bond acceptors (Lipinski definition) is 4. The number of rotatable bonds is 1. The van der Waals surface area contributed by atoms with Crippen LogP contribution in [0.25, 0.3) is 0 Å². The zero-order valence-corrected chi connectivity index (χ0v) is 11.9. The molecular formula is C10H7ClINO2S. The Labute approximate surface area is 115 Å². The third-order valence-corrected chi connectivity index (χ3v) is 3.03. The highest BCUT2D eigenvalue weighted by Crippen LogP contribution is 2.26. The van der Waals surface area contributed by atoms with E-state index in [2.05, 4.69) is 15.9 Å². The molecule has 0 atom stereocenters. The fraction of sp³-hybridized carbons (Fsp3) is 0.100. The summed E-state index contributed by atoms with van der Waals surface area (Å²) in [5, 5.41) is 2.99. The highest BCUT2D eigenvalue weighted by Gasteiger charge is 2.14. The minimum atomic E-state index is -0.504. The number of methoxy groups -OCH3 is 1. The second-order valence-corrected chi connectivity index (χ2v) is 4.74. The highest BCUT2D eigenvalue weighted by molar-refractivity contribution is 14.2. The summed E-state index contributed by atoms with van der Waals surface area (Å²) in [6.45, 7) is 0. The Morgan fingerprint density at radius 1 is 1.62 bits per heavy atom. The highest BCUT2D eigenvalue weighted by atomic mass is 127. The molecule has 0 aromatic heterocycles. The van der Waals surface area contributed by atoms with Crippen LogP contribution in [0.5, 0.6) is 0 Å². The lowest BCUT2D eigenvalue weighted by atomic mass is 10.1. The van der Waals surface area contributed by atoms with Crippen LogP contribution >= 0.6 is 41.7 Å². The maximum Gasteiger partial charge on any atom is 0.339 e. The van der Waals surface area contributed by atoms with Crippen LogP contribution in [-0.4, -0.2) is 13.1 Å². The molecule has 0 radical (unpaired) electrons. The second kappa shape index (κ2) is 6.23. The number of ether oxygens (including phenoxy) is 1. The molecule has 0 saturated carbocycles. The molecule has 0 fully saturated rings.